The molecule has 0 radical (unpaired) electrons. The van der Waals surface area contributed by atoms with Gasteiger partial charge in [-0.1, -0.05) is 5.21 Å². The minimum atomic E-state index is -0.501. The van der Waals surface area contributed by atoms with Gasteiger partial charge >= 0.3 is 0 Å². The summed E-state index contributed by atoms with van der Waals surface area (Å²) < 4.78 is 17.6. The van der Waals surface area contributed by atoms with E-state index >= 15 is 0 Å². The molecule has 1 amide bonds. The standard InChI is InChI=1S/C21H23FN8O/c1-12-9-30-11-14(8-16(22)20(30)24-12)25-21(31)15-4-5-17(19-18(15)26-27-28(19)3)29-7-6-13(10-29)23-2/h4-5,8-9,11,13,23H,6-7,10H2,1-3H3,(H,25,31). The van der Waals surface area contributed by atoms with E-state index in [1.54, 1.807) is 34.5 Å². The number of benzene rings is 1. The number of nitrogens with one attached hydrogen (secondary N) is 2. The van der Waals surface area contributed by atoms with E-state index in [2.05, 4.69) is 30.8 Å². The summed E-state index contributed by atoms with van der Waals surface area (Å²) in [6.45, 7) is 3.59. The van der Waals surface area contributed by atoms with Gasteiger partial charge in [0.2, 0.25) is 0 Å². The van der Waals surface area contributed by atoms with E-state index in [0.717, 1.165) is 30.7 Å². The summed E-state index contributed by atoms with van der Waals surface area (Å²) in [4.78, 5) is 19.5. The van der Waals surface area contributed by atoms with Crippen molar-refractivity contribution in [1.29, 1.82) is 0 Å². The molecule has 1 aliphatic rings. The summed E-state index contributed by atoms with van der Waals surface area (Å²) in [5.74, 6) is -0.874. The molecule has 9 nitrogen and oxygen atoms in total. The van der Waals surface area contributed by atoms with Gasteiger partial charge in [0.25, 0.3) is 5.91 Å². The molecule has 31 heavy (non-hydrogen) atoms. The number of fused-ring (bicyclic) bond motifs is 2. The molecule has 1 atom stereocenters. The van der Waals surface area contributed by atoms with Crippen molar-refractivity contribution in [2.24, 2.45) is 7.05 Å². The van der Waals surface area contributed by atoms with Gasteiger partial charge in [-0.2, -0.15) is 0 Å². The lowest BCUT2D eigenvalue weighted by atomic mass is 10.1. The van der Waals surface area contributed by atoms with Crippen molar-refractivity contribution in [2.45, 2.75) is 19.4 Å². The number of carbonyl (C=O) groups is 1. The van der Waals surface area contributed by atoms with Crippen LogP contribution in [0, 0.1) is 12.7 Å². The van der Waals surface area contributed by atoms with Crippen LogP contribution in [-0.4, -0.2) is 56.5 Å². The molecule has 0 aliphatic carbocycles. The molecule has 0 bridgehead atoms. The molecule has 5 rings (SSSR count). The predicted molar refractivity (Wildman–Crippen MR) is 116 cm³/mol. The molecule has 4 aromatic rings. The van der Waals surface area contributed by atoms with Crippen LogP contribution in [0.2, 0.25) is 0 Å². The Balaban J connectivity index is 1.49. The number of imidazole rings is 1. The number of nitrogens with zero attached hydrogens (tertiary/aromatic N) is 6. The monoisotopic (exact) mass is 422 g/mol. The summed E-state index contributed by atoms with van der Waals surface area (Å²) in [5, 5.41) is 14.5. The van der Waals surface area contributed by atoms with Gasteiger partial charge in [0, 0.05) is 44.6 Å². The van der Waals surface area contributed by atoms with Crippen LogP contribution in [-0.2, 0) is 7.05 Å². The Kier molecular flexibility index (Phi) is 4.58. The van der Waals surface area contributed by atoms with Gasteiger partial charge in [0.05, 0.1) is 22.6 Å². The second kappa shape index (κ2) is 7.31. The Morgan fingerprint density at radius 1 is 1.29 bits per heavy atom. The lowest BCUT2D eigenvalue weighted by Gasteiger charge is -2.20. The summed E-state index contributed by atoms with van der Waals surface area (Å²) >= 11 is 0. The van der Waals surface area contributed by atoms with Crippen LogP contribution >= 0.6 is 0 Å². The Labute approximate surface area is 177 Å². The van der Waals surface area contributed by atoms with Crippen LogP contribution in [0.3, 0.4) is 0 Å². The van der Waals surface area contributed by atoms with Crippen LogP contribution in [0.5, 0.6) is 0 Å². The summed E-state index contributed by atoms with van der Waals surface area (Å²) in [7, 11) is 3.78. The maximum absolute atomic E-state index is 14.4. The number of likely N-dealkylation sites (N-methyl/N-ethyl adjacent to an activating group) is 1. The van der Waals surface area contributed by atoms with E-state index in [1.807, 2.05) is 20.2 Å². The molecule has 160 valence electrons. The average Bonchev–Trinajstić information content (AvgIpc) is 3.46. The fourth-order valence-corrected chi connectivity index (χ4v) is 4.25. The van der Waals surface area contributed by atoms with Crippen LogP contribution in [0.25, 0.3) is 16.7 Å². The van der Waals surface area contributed by atoms with Crippen LogP contribution in [0.1, 0.15) is 22.5 Å². The molecule has 10 heteroatoms. The number of carbonyl (C=O) groups excluding carboxylic acids is 1. The molecule has 0 saturated carbocycles. The number of halogens is 1. The number of anilines is 2. The van der Waals surface area contributed by atoms with E-state index < -0.39 is 5.82 Å². The van der Waals surface area contributed by atoms with Crippen molar-refractivity contribution in [3.05, 3.63) is 47.7 Å². The number of aryl methyl sites for hydroxylation is 2. The quantitative estimate of drug-likeness (QED) is 0.523. The first-order valence-corrected chi connectivity index (χ1v) is 10.2. The number of hydrogen-bond acceptors (Lipinski definition) is 6. The SMILES string of the molecule is CNC1CCN(c2ccc(C(=O)Nc3cc(F)c4nc(C)cn4c3)c3nnn(C)c23)C1. The highest BCUT2D eigenvalue weighted by Gasteiger charge is 2.26. The zero-order valence-electron chi connectivity index (χ0n) is 17.6. The number of rotatable bonds is 4. The van der Waals surface area contributed by atoms with Crippen LogP contribution in [0.4, 0.5) is 15.8 Å². The summed E-state index contributed by atoms with van der Waals surface area (Å²) in [6, 6.07) is 5.38. The van der Waals surface area contributed by atoms with Crippen LogP contribution in [0.15, 0.2) is 30.6 Å². The fraction of sp³-hybridized carbons (Fsp3) is 0.333. The van der Waals surface area contributed by atoms with Crippen molar-refractivity contribution in [3.63, 3.8) is 0 Å². The lowest BCUT2D eigenvalue weighted by molar-refractivity contribution is 0.102. The smallest absolute Gasteiger partial charge is 0.258 e. The van der Waals surface area contributed by atoms with Gasteiger partial charge in [-0.25, -0.2) is 14.1 Å². The van der Waals surface area contributed by atoms with Gasteiger partial charge in [-0.3, -0.25) is 4.79 Å². The minimum Gasteiger partial charge on any atom is -0.368 e. The number of pyridine rings is 1. The summed E-state index contributed by atoms with van der Waals surface area (Å²) in [6.07, 6.45) is 4.39. The van der Waals surface area contributed by atoms with Gasteiger partial charge in [-0.15, -0.1) is 5.10 Å². The van der Waals surface area contributed by atoms with E-state index in [1.165, 1.54) is 6.07 Å². The first-order valence-electron chi connectivity index (χ1n) is 10.2. The predicted octanol–water partition coefficient (Wildman–Crippen LogP) is 2.11. The normalized spacial score (nSPS) is 16.5. The second-order valence-corrected chi connectivity index (χ2v) is 7.91. The van der Waals surface area contributed by atoms with Crippen molar-refractivity contribution in [3.8, 4) is 0 Å². The van der Waals surface area contributed by atoms with E-state index in [-0.39, 0.29) is 11.6 Å². The van der Waals surface area contributed by atoms with E-state index in [4.69, 9.17) is 0 Å². The largest absolute Gasteiger partial charge is 0.368 e. The highest BCUT2D eigenvalue weighted by molar-refractivity contribution is 6.13. The maximum Gasteiger partial charge on any atom is 0.258 e. The number of amides is 1. The molecule has 4 heterocycles. The van der Waals surface area contributed by atoms with Crippen molar-refractivity contribution in [2.75, 3.05) is 30.4 Å². The summed E-state index contributed by atoms with van der Waals surface area (Å²) in [5.41, 5.74) is 3.96. The highest BCUT2D eigenvalue weighted by Crippen LogP contribution is 2.31. The topological polar surface area (TPSA) is 92.4 Å². The molecule has 1 unspecified atom stereocenters. The molecule has 0 spiro atoms. The van der Waals surface area contributed by atoms with Gasteiger partial charge < -0.3 is 19.9 Å². The fourth-order valence-electron chi connectivity index (χ4n) is 4.25. The third-order valence-electron chi connectivity index (χ3n) is 5.80. The lowest BCUT2D eigenvalue weighted by Crippen LogP contribution is -2.29. The Morgan fingerprint density at radius 3 is 2.90 bits per heavy atom. The number of aromatic nitrogens is 5. The number of hydrogen-bond donors (Lipinski definition) is 2. The average molecular weight is 422 g/mol. The Bertz CT molecular complexity index is 1310. The van der Waals surface area contributed by atoms with Crippen molar-refractivity contribution < 1.29 is 9.18 Å². The minimum absolute atomic E-state index is 0.224. The first-order chi connectivity index (χ1) is 14.9. The van der Waals surface area contributed by atoms with Crippen molar-refractivity contribution in [1.82, 2.24) is 29.7 Å². The third-order valence-corrected chi connectivity index (χ3v) is 5.80. The highest BCUT2D eigenvalue weighted by atomic mass is 19.1. The zero-order chi connectivity index (χ0) is 21.7. The molecule has 1 aromatic carbocycles. The molecule has 1 fully saturated rings. The Morgan fingerprint density at radius 2 is 2.13 bits per heavy atom. The van der Waals surface area contributed by atoms with Gasteiger partial charge in [0.15, 0.2) is 11.5 Å². The first kappa shape index (κ1) is 19.4. The van der Waals surface area contributed by atoms with E-state index in [9.17, 15) is 9.18 Å². The van der Waals surface area contributed by atoms with Crippen molar-refractivity contribution >= 4 is 34.0 Å². The van der Waals surface area contributed by atoms with Gasteiger partial charge in [0.1, 0.15) is 11.0 Å². The molecule has 1 saturated heterocycles. The van der Waals surface area contributed by atoms with Gasteiger partial charge in [-0.05, 0) is 32.5 Å². The second-order valence-electron chi connectivity index (χ2n) is 7.91. The molecular formula is C21H23FN8O. The molecular weight excluding hydrogens is 399 g/mol. The molecule has 3 aromatic heterocycles. The third kappa shape index (κ3) is 3.28. The van der Waals surface area contributed by atoms with Crippen LogP contribution < -0.4 is 15.5 Å². The molecule has 1 aliphatic heterocycles. The zero-order valence-corrected chi connectivity index (χ0v) is 17.6. The van der Waals surface area contributed by atoms with E-state index in [0.29, 0.717) is 28.5 Å². The molecule has 2 N–H and O–H groups in total. The maximum atomic E-state index is 14.4. The Hall–Kier alpha value is -3.53.